The molecule has 0 spiro atoms. The summed E-state index contributed by atoms with van der Waals surface area (Å²) in [5.74, 6) is 0.0338. The second-order valence-electron chi connectivity index (χ2n) is 6.68. The van der Waals surface area contributed by atoms with Crippen LogP contribution in [-0.4, -0.2) is 17.7 Å². The van der Waals surface area contributed by atoms with E-state index >= 15 is 0 Å². The maximum absolute atomic E-state index is 12.3. The second-order valence-corrected chi connectivity index (χ2v) is 6.68. The highest BCUT2D eigenvalue weighted by molar-refractivity contribution is 5.79. The summed E-state index contributed by atoms with van der Waals surface area (Å²) in [6.45, 7) is 2.12. The molecule has 1 heterocycles. The van der Waals surface area contributed by atoms with Gasteiger partial charge in [-0.3, -0.25) is 4.79 Å². The van der Waals surface area contributed by atoms with Gasteiger partial charge in [0, 0.05) is 18.2 Å². The van der Waals surface area contributed by atoms with Crippen molar-refractivity contribution < 1.29 is 9.53 Å². The van der Waals surface area contributed by atoms with Crippen LogP contribution in [0, 0.1) is 0 Å². The fourth-order valence-corrected chi connectivity index (χ4v) is 3.59. The normalized spacial score (nSPS) is 13.5. The number of hydrogen-bond donors (Lipinski definition) is 2. The zero-order valence-corrected chi connectivity index (χ0v) is 14.9. The minimum Gasteiger partial charge on any atom is -0.449 e. The number of ether oxygens (including phenoxy) is 1. The molecule has 0 aliphatic heterocycles. The van der Waals surface area contributed by atoms with Crippen LogP contribution in [0.25, 0.3) is 11.1 Å². The molecule has 0 saturated heterocycles. The standard InChI is InChI=1S/C22H20N2O3/c1-14(15-10-11-21(25)23-12-15)24-22(26)27-13-20-18-8-4-2-6-16(18)17-7-3-5-9-19(17)20/h2-12,14,20H,13H2,1H3,(H,23,25)(H,24,26). The number of alkyl carbamates (subject to hydrolysis) is 1. The molecule has 1 aliphatic carbocycles. The van der Waals surface area contributed by atoms with Crippen molar-refractivity contribution in [1.82, 2.24) is 10.3 Å². The highest BCUT2D eigenvalue weighted by Gasteiger charge is 2.29. The molecule has 1 amide bonds. The quantitative estimate of drug-likeness (QED) is 0.739. The zero-order chi connectivity index (χ0) is 18.8. The van der Waals surface area contributed by atoms with Crippen molar-refractivity contribution >= 4 is 6.09 Å². The number of hydrogen-bond acceptors (Lipinski definition) is 3. The van der Waals surface area contributed by atoms with Crippen LogP contribution >= 0.6 is 0 Å². The van der Waals surface area contributed by atoms with Gasteiger partial charge in [0.1, 0.15) is 6.61 Å². The van der Waals surface area contributed by atoms with Crippen LogP contribution in [0.5, 0.6) is 0 Å². The Morgan fingerprint density at radius 1 is 1.04 bits per heavy atom. The summed E-state index contributed by atoms with van der Waals surface area (Å²) in [7, 11) is 0. The molecule has 136 valence electrons. The third-order valence-corrected chi connectivity index (χ3v) is 4.99. The molecule has 1 aliphatic rings. The number of fused-ring (bicyclic) bond motifs is 3. The van der Waals surface area contributed by atoms with Crippen molar-refractivity contribution in [3.05, 3.63) is 93.9 Å². The van der Waals surface area contributed by atoms with Gasteiger partial charge >= 0.3 is 6.09 Å². The fourth-order valence-electron chi connectivity index (χ4n) is 3.59. The van der Waals surface area contributed by atoms with Gasteiger partial charge in [0.2, 0.25) is 5.56 Å². The number of nitrogens with one attached hydrogen (secondary N) is 2. The first kappa shape index (κ1) is 17.1. The number of amides is 1. The number of aromatic amines is 1. The van der Waals surface area contributed by atoms with E-state index in [0.717, 1.165) is 5.56 Å². The fraction of sp³-hybridized carbons (Fsp3) is 0.182. The van der Waals surface area contributed by atoms with E-state index < -0.39 is 6.09 Å². The average molecular weight is 360 g/mol. The highest BCUT2D eigenvalue weighted by atomic mass is 16.5. The van der Waals surface area contributed by atoms with Gasteiger partial charge in [-0.25, -0.2) is 4.79 Å². The number of pyridine rings is 1. The lowest BCUT2D eigenvalue weighted by Gasteiger charge is -2.17. The Balaban J connectivity index is 1.45. The maximum Gasteiger partial charge on any atom is 0.407 e. The predicted molar refractivity (Wildman–Crippen MR) is 104 cm³/mol. The van der Waals surface area contributed by atoms with Crippen LogP contribution in [0.3, 0.4) is 0 Å². The van der Waals surface area contributed by atoms with E-state index in [4.69, 9.17) is 4.74 Å². The summed E-state index contributed by atoms with van der Waals surface area (Å²) in [4.78, 5) is 26.0. The lowest BCUT2D eigenvalue weighted by Crippen LogP contribution is -2.29. The Hall–Kier alpha value is -3.34. The molecule has 4 rings (SSSR count). The van der Waals surface area contributed by atoms with Crippen LogP contribution in [0.2, 0.25) is 0 Å². The van der Waals surface area contributed by atoms with E-state index in [1.54, 1.807) is 12.3 Å². The van der Waals surface area contributed by atoms with Gasteiger partial charge < -0.3 is 15.0 Å². The summed E-state index contributed by atoms with van der Waals surface area (Å²) < 4.78 is 5.53. The van der Waals surface area contributed by atoms with Crippen LogP contribution in [0.1, 0.15) is 35.6 Å². The van der Waals surface area contributed by atoms with E-state index in [-0.39, 0.29) is 24.1 Å². The SMILES string of the molecule is CC(NC(=O)OCC1c2ccccc2-c2ccccc21)c1ccc(=O)[nH]c1. The molecular formula is C22H20N2O3. The number of aromatic nitrogens is 1. The Morgan fingerprint density at radius 3 is 2.26 bits per heavy atom. The lowest BCUT2D eigenvalue weighted by atomic mass is 9.98. The predicted octanol–water partition coefficient (Wildman–Crippen LogP) is 3.97. The van der Waals surface area contributed by atoms with E-state index in [0.29, 0.717) is 0 Å². The van der Waals surface area contributed by atoms with E-state index in [1.807, 2.05) is 31.2 Å². The molecular weight excluding hydrogens is 340 g/mol. The van der Waals surface area contributed by atoms with Gasteiger partial charge in [0.15, 0.2) is 0 Å². The molecule has 5 heteroatoms. The smallest absolute Gasteiger partial charge is 0.407 e. The van der Waals surface area contributed by atoms with E-state index in [2.05, 4.69) is 34.6 Å². The molecule has 2 N–H and O–H groups in total. The number of H-pyrrole nitrogens is 1. The number of carbonyl (C=O) groups excluding carboxylic acids is 1. The Morgan fingerprint density at radius 2 is 1.67 bits per heavy atom. The molecule has 0 saturated carbocycles. The van der Waals surface area contributed by atoms with Gasteiger partial charge in [-0.15, -0.1) is 0 Å². The second kappa shape index (κ2) is 7.11. The minimum absolute atomic E-state index is 0.0338. The summed E-state index contributed by atoms with van der Waals surface area (Å²) >= 11 is 0. The topological polar surface area (TPSA) is 71.2 Å². The van der Waals surface area contributed by atoms with Crippen molar-refractivity contribution in [2.75, 3.05) is 6.61 Å². The Bertz CT molecular complexity index is 975. The van der Waals surface area contributed by atoms with Crippen LogP contribution in [0.4, 0.5) is 4.79 Å². The van der Waals surface area contributed by atoms with Crippen molar-refractivity contribution in [3.63, 3.8) is 0 Å². The molecule has 3 aromatic rings. The van der Waals surface area contributed by atoms with E-state index in [1.165, 1.54) is 28.3 Å². The first-order chi connectivity index (χ1) is 13.1. The molecule has 1 aromatic heterocycles. The average Bonchev–Trinajstić information content (AvgIpc) is 3.01. The van der Waals surface area contributed by atoms with Gasteiger partial charge in [-0.05, 0) is 34.7 Å². The third kappa shape index (κ3) is 3.36. The van der Waals surface area contributed by atoms with Crippen molar-refractivity contribution in [2.24, 2.45) is 0 Å². The van der Waals surface area contributed by atoms with Crippen LogP contribution in [0.15, 0.2) is 71.7 Å². The van der Waals surface area contributed by atoms with Crippen molar-refractivity contribution in [2.45, 2.75) is 18.9 Å². The lowest BCUT2D eigenvalue weighted by molar-refractivity contribution is 0.140. The molecule has 5 nitrogen and oxygen atoms in total. The summed E-state index contributed by atoms with van der Waals surface area (Å²) in [5, 5.41) is 2.80. The van der Waals surface area contributed by atoms with Gasteiger partial charge in [0.25, 0.3) is 0 Å². The zero-order valence-electron chi connectivity index (χ0n) is 14.9. The van der Waals surface area contributed by atoms with Crippen molar-refractivity contribution in [3.8, 4) is 11.1 Å². The van der Waals surface area contributed by atoms with E-state index in [9.17, 15) is 9.59 Å². The first-order valence-electron chi connectivity index (χ1n) is 8.93. The van der Waals surface area contributed by atoms with Crippen LogP contribution in [-0.2, 0) is 4.74 Å². The van der Waals surface area contributed by atoms with Gasteiger partial charge in [0.05, 0.1) is 6.04 Å². The number of benzene rings is 2. The number of carbonyl (C=O) groups is 1. The van der Waals surface area contributed by atoms with Gasteiger partial charge in [-0.2, -0.15) is 0 Å². The van der Waals surface area contributed by atoms with Crippen LogP contribution < -0.4 is 10.9 Å². The van der Waals surface area contributed by atoms with Crippen molar-refractivity contribution in [1.29, 1.82) is 0 Å². The molecule has 0 fully saturated rings. The largest absolute Gasteiger partial charge is 0.449 e. The molecule has 2 aromatic carbocycles. The molecule has 1 atom stereocenters. The summed E-state index contributed by atoms with van der Waals surface area (Å²) in [5.41, 5.74) is 5.39. The summed E-state index contributed by atoms with van der Waals surface area (Å²) in [6, 6.07) is 19.3. The Kier molecular flexibility index (Phi) is 4.50. The highest BCUT2D eigenvalue weighted by Crippen LogP contribution is 2.44. The van der Waals surface area contributed by atoms with Gasteiger partial charge in [-0.1, -0.05) is 54.6 Å². The first-order valence-corrected chi connectivity index (χ1v) is 8.93. The summed E-state index contributed by atoms with van der Waals surface area (Å²) in [6.07, 6.45) is 1.12. The third-order valence-electron chi connectivity index (χ3n) is 4.99. The number of rotatable bonds is 4. The molecule has 1 unspecified atom stereocenters. The minimum atomic E-state index is -0.476. The molecule has 0 bridgehead atoms. The molecule has 27 heavy (non-hydrogen) atoms. The molecule has 0 radical (unpaired) electrons. The monoisotopic (exact) mass is 360 g/mol. The maximum atomic E-state index is 12.3. The Labute approximate surface area is 157 Å².